The molecule has 0 unspecified atom stereocenters. The monoisotopic (exact) mass is 484 g/mol. The van der Waals surface area contributed by atoms with Crippen molar-refractivity contribution in [3.8, 4) is 0 Å². The fraction of sp³-hybridized carbons (Fsp3) is 0.333. The van der Waals surface area contributed by atoms with Gasteiger partial charge in [0.15, 0.2) is 14.6 Å². The van der Waals surface area contributed by atoms with E-state index in [1.54, 1.807) is 16.7 Å². The summed E-state index contributed by atoms with van der Waals surface area (Å²) in [5.74, 6) is -1.03. The van der Waals surface area contributed by atoms with Crippen LogP contribution in [0.25, 0.3) is 10.2 Å². The highest BCUT2D eigenvalue weighted by Gasteiger charge is 2.16. The summed E-state index contributed by atoms with van der Waals surface area (Å²) in [6.07, 6.45) is 0.0977. The molecule has 31 heavy (non-hydrogen) atoms. The predicted octanol–water partition coefficient (Wildman–Crippen LogP) is 4.21. The average molecular weight is 485 g/mol. The molecule has 6 nitrogen and oxygen atoms in total. The van der Waals surface area contributed by atoms with Gasteiger partial charge in [-0.2, -0.15) is 4.99 Å². The van der Waals surface area contributed by atoms with Crippen LogP contribution in [-0.4, -0.2) is 37.9 Å². The molecule has 1 amide bonds. The Morgan fingerprint density at radius 3 is 2.68 bits per heavy atom. The molecule has 0 aliphatic heterocycles. The van der Waals surface area contributed by atoms with Crippen LogP contribution in [0.3, 0.4) is 0 Å². The van der Waals surface area contributed by atoms with Gasteiger partial charge in [-0.05, 0) is 49.7 Å². The normalized spacial score (nSPS) is 12.5. The number of amides is 1. The van der Waals surface area contributed by atoms with Gasteiger partial charge >= 0.3 is 0 Å². The molecule has 3 rings (SSSR count). The standard InChI is InChI=1S/C21H22ClFN2O4S2/c1-2-29-13-12-25-20-17(23)5-3-6-18(20)30-21(25)24-19(26)7-4-14-31(27,28)16-10-8-15(22)9-11-16/h3,5-6,8-11H,2,4,7,12-14H2,1H3. The lowest BCUT2D eigenvalue weighted by Gasteiger charge is -2.06. The highest BCUT2D eigenvalue weighted by molar-refractivity contribution is 7.91. The van der Waals surface area contributed by atoms with E-state index in [9.17, 15) is 17.6 Å². The molecule has 3 aromatic rings. The molecule has 10 heteroatoms. The molecule has 1 aromatic heterocycles. The number of nitrogens with zero attached hydrogens (tertiary/aromatic N) is 2. The first-order valence-corrected chi connectivity index (χ1v) is 12.6. The molecule has 0 atom stereocenters. The van der Waals surface area contributed by atoms with E-state index >= 15 is 0 Å². The second kappa shape index (κ2) is 10.5. The first-order chi connectivity index (χ1) is 14.8. The lowest BCUT2D eigenvalue weighted by Crippen LogP contribution is -2.20. The maximum Gasteiger partial charge on any atom is 0.248 e. The van der Waals surface area contributed by atoms with Gasteiger partial charge in [0.25, 0.3) is 0 Å². The van der Waals surface area contributed by atoms with Crippen molar-refractivity contribution in [3.63, 3.8) is 0 Å². The highest BCUT2D eigenvalue weighted by atomic mass is 35.5. The molecule has 2 aromatic carbocycles. The largest absolute Gasteiger partial charge is 0.380 e. The van der Waals surface area contributed by atoms with E-state index in [4.69, 9.17) is 16.3 Å². The lowest BCUT2D eigenvalue weighted by atomic mass is 10.3. The minimum Gasteiger partial charge on any atom is -0.380 e. The first kappa shape index (κ1) is 23.6. The van der Waals surface area contributed by atoms with E-state index in [-0.39, 0.29) is 23.5 Å². The quantitative estimate of drug-likeness (QED) is 0.426. The van der Waals surface area contributed by atoms with Gasteiger partial charge in [0.2, 0.25) is 5.91 Å². The van der Waals surface area contributed by atoms with Crippen LogP contribution >= 0.6 is 22.9 Å². The SMILES string of the molecule is CCOCCn1c(=NC(=O)CCCS(=O)(=O)c2ccc(Cl)cc2)sc2cccc(F)c21. The van der Waals surface area contributed by atoms with Crippen molar-refractivity contribution in [2.24, 2.45) is 4.99 Å². The van der Waals surface area contributed by atoms with Gasteiger partial charge in [-0.3, -0.25) is 4.79 Å². The van der Waals surface area contributed by atoms with Gasteiger partial charge in [-0.25, -0.2) is 12.8 Å². The minimum atomic E-state index is -3.52. The van der Waals surface area contributed by atoms with Gasteiger partial charge in [-0.1, -0.05) is 29.0 Å². The van der Waals surface area contributed by atoms with E-state index in [1.165, 1.54) is 41.7 Å². The predicted molar refractivity (Wildman–Crippen MR) is 120 cm³/mol. The van der Waals surface area contributed by atoms with Crippen LogP contribution in [0.15, 0.2) is 52.4 Å². The molecule has 0 saturated heterocycles. The molecule has 0 radical (unpaired) electrons. The van der Waals surface area contributed by atoms with Crippen molar-refractivity contribution >= 4 is 48.9 Å². The van der Waals surface area contributed by atoms with E-state index in [0.717, 1.165) is 0 Å². The average Bonchev–Trinajstić information content (AvgIpc) is 3.06. The number of sulfone groups is 1. The van der Waals surface area contributed by atoms with Gasteiger partial charge in [0.05, 0.1) is 27.5 Å². The zero-order chi connectivity index (χ0) is 22.4. The summed E-state index contributed by atoms with van der Waals surface area (Å²) in [6, 6.07) is 10.6. The van der Waals surface area contributed by atoms with Crippen molar-refractivity contribution in [1.29, 1.82) is 0 Å². The highest BCUT2D eigenvalue weighted by Crippen LogP contribution is 2.20. The first-order valence-electron chi connectivity index (χ1n) is 9.73. The summed E-state index contributed by atoms with van der Waals surface area (Å²) in [6.45, 7) is 3.10. The van der Waals surface area contributed by atoms with Crippen molar-refractivity contribution in [3.05, 3.63) is 58.1 Å². The van der Waals surface area contributed by atoms with Crippen molar-refractivity contribution in [2.45, 2.75) is 31.2 Å². The Morgan fingerprint density at radius 1 is 1.23 bits per heavy atom. The summed E-state index contributed by atoms with van der Waals surface area (Å²) >= 11 is 7.00. The molecule has 0 spiro atoms. The lowest BCUT2D eigenvalue weighted by molar-refractivity contribution is -0.118. The van der Waals surface area contributed by atoms with Gasteiger partial charge in [0.1, 0.15) is 5.82 Å². The van der Waals surface area contributed by atoms with Crippen LogP contribution in [0.2, 0.25) is 5.02 Å². The summed E-state index contributed by atoms with van der Waals surface area (Å²) in [5, 5.41) is 0.449. The molecule has 166 valence electrons. The van der Waals surface area contributed by atoms with Crippen LogP contribution in [0.4, 0.5) is 4.39 Å². The molecule has 0 aliphatic rings. The van der Waals surface area contributed by atoms with Crippen LogP contribution in [0.1, 0.15) is 19.8 Å². The number of ether oxygens (including phenoxy) is 1. The van der Waals surface area contributed by atoms with E-state index in [0.29, 0.717) is 39.8 Å². The summed E-state index contributed by atoms with van der Waals surface area (Å²) in [4.78, 5) is 17.1. The molecule has 0 aliphatic carbocycles. The third-order valence-corrected chi connectivity index (χ3v) is 7.62. The van der Waals surface area contributed by atoms with Crippen LogP contribution < -0.4 is 4.80 Å². The van der Waals surface area contributed by atoms with Crippen molar-refractivity contribution in [1.82, 2.24) is 4.57 Å². The zero-order valence-corrected chi connectivity index (χ0v) is 19.3. The summed E-state index contributed by atoms with van der Waals surface area (Å²) < 4.78 is 46.8. The number of hydrogen-bond acceptors (Lipinski definition) is 5. The second-order valence-corrected chi connectivity index (χ2v) is 10.3. The number of rotatable bonds is 9. The number of halogens is 2. The second-order valence-electron chi connectivity index (χ2n) is 6.70. The summed E-state index contributed by atoms with van der Waals surface area (Å²) in [5.41, 5.74) is 0.379. The Morgan fingerprint density at radius 2 is 1.97 bits per heavy atom. The van der Waals surface area contributed by atoms with Crippen molar-refractivity contribution < 1.29 is 22.3 Å². The Labute approximate surface area is 188 Å². The van der Waals surface area contributed by atoms with E-state index in [1.807, 2.05) is 6.92 Å². The van der Waals surface area contributed by atoms with Crippen molar-refractivity contribution in [2.75, 3.05) is 19.0 Å². The molecule has 0 fully saturated rings. The number of benzene rings is 2. The molecule has 0 bridgehead atoms. The number of fused-ring (bicyclic) bond motifs is 1. The van der Waals surface area contributed by atoms with E-state index in [2.05, 4.69) is 4.99 Å². The van der Waals surface area contributed by atoms with E-state index < -0.39 is 21.6 Å². The van der Waals surface area contributed by atoms with Crippen LogP contribution in [-0.2, 0) is 25.9 Å². The number of para-hydroxylation sites is 1. The minimum absolute atomic E-state index is 0.0327. The maximum absolute atomic E-state index is 14.4. The topological polar surface area (TPSA) is 77.7 Å². The third-order valence-electron chi connectivity index (χ3n) is 4.51. The molecule has 0 N–H and O–H groups in total. The fourth-order valence-electron chi connectivity index (χ4n) is 3.02. The Bertz CT molecular complexity index is 1230. The van der Waals surface area contributed by atoms with Crippen LogP contribution in [0.5, 0.6) is 0 Å². The number of hydrogen-bond donors (Lipinski definition) is 0. The van der Waals surface area contributed by atoms with Gasteiger partial charge in [0, 0.05) is 24.6 Å². The van der Waals surface area contributed by atoms with Gasteiger partial charge in [-0.15, -0.1) is 0 Å². The molecular weight excluding hydrogens is 463 g/mol. The number of thiazole rings is 1. The van der Waals surface area contributed by atoms with Gasteiger partial charge < -0.3 is 9.30 Å². The fourth-order valence-corrected chi connectivity index (χ4v) is 5.54. The number of carbonyl (C=O) groups excluding carboxylic acids is 1. The Hall–Kier alpha value is -2.07. The number of carbonyl (C=O) groups is 1. The zero-order valence-electron chi connectivity index (χ0n) is 16.9. The third kappa shape index (κ3) is 6.00. The maximum atomic E-state index is 14.4. The molecular formula is C21H22ClFN2O4S2. The Balaban J connectivity index is 1.75. The van der Waals surface area contributed by atoms with Crippen LogP contribution in [0, 0.1) is 5.82 Å². The molecule has 1 heterocycles. The Kier molecular flexibility index (Phi) is 7.99. The summed E-state index contributed by atoms with van der Waals surface area (Å²) in [7, 11) is -3.52. The molecule has 0 saturated carbocycles. The smallest absolute Gasteiger partial charge is 0.248 e. The number of aromatic nitrogens is 1.